The van der Waals surface area contributed by atoms with Crippen LogP contribution in [0, 0.1) is 0 Å². The van der Waals surface area contributed by atoms with Crippen molar-refractivity contribution < 1.29 is 0 Å². The molecule has 0 spiro atoms. The molecule has 2 nitrogen and oxygen atoms in total. The van der Waals surface area contributed by atoms with Gasteiger partial charge in [0.1, 0.15) is 0 Å². The van der Waals surface area contributed by atoms with Crippen LogP contribution >= 0.6 is 0 Å². The zero-order valence-corrected chi connectivity index (χ0v) is 9.89. The van der Waals surface area contributed by atoms with Gasteiger partial charge in [-0.05, 0) is 41.5 Å². The Labute approximate surface area is 83.6 Å². The van der Waals surface area contributed by atoms with E-state index >= 15 is 0 Å². The monoisotopic (exact) mass is 181 g/mol. The molecule has 3 heteroatoms. The molecule has 0 bridgehead atoms. The summed E-state index contributed by atoms with van der Waals surface area (Å²) in [7, 11) is 2.28. The molecule has 0 aromatic carbocycles. The highest BCUT2D eigenvalue weighted by atomic mass is 15.3. The minimum absolute atomic E-state index is 0.264. The van der Waals surface area contributed by atoms with Crippen LogP contribution in [0.5, 0.6) is 0 Å². The minimum atomic E-state index is 0.264. The van der Waals surface area contributed by atoms with Crippen LogP contribution in [0.15, 0.2) is 0 Å². The predicted molar refractivity (Wildman–Crippen MR) is 58.7 cm³/mol. The summed E-state index contributed by atoms with van der Waals surface area (Å²) in [5.74, 6) is 0. The van der Waals surface area contributed by atoms with Crippen LogP contribution in [0.4, 0.5) is 0 Å². The molecule has 0 saturated carbocycles. The normalized spacial score (nSPS) is 22.0. The molecule has 1 rings (SSSR count). The molecule has 0 aromatic rings. The fourth-order valence-electron chi connectivity index (χ4n) is 1.52. The number of hydrogen-bond donors (Lipinski definition) is 0. The van der Waals surface area contributed by atoms with Gasteiger partial charge >= 0.3 is 7.55 Å². The van der Waals surface area contributed by atoms with Gasteiger partial charge in [-0.25, -0.2) is 0 Å². The maximum absolute atomic E-state index is 2.41. The summed E-state index contributed by atoms with van der Waals surface area (Å²) in [5, 5.41) is 0. The summed E-state index contributed by atoms with van der Waals surface area (Å²) in [4.78, 5) is 4.83. The zero-order chi connectivity index (χ0) is 10.3. The second-order valence-corrected chi connectivity index (χ2v) is 5.84. The van der Waals surface area contributed by atoms with E-state index in [0.717, 1.165) is 13.1 Å². The van der Waals surface area contributed by atoms with Crippen molar-refractivity contribution in [3.8, 4) is 0 Å². The van der Waals surface area contributed by atoms with Crippen molar-refractivity contribution in [1.29, 1.82) is 0 Å². The lowest BCUT2D eigenvalue weighted by Gasteiger charge is -2.34. The third-order valence-electron chi connectivity index (χ3n) is 2.58. The molecule has 0 aliphatic carbocycles. The summed E-state index contributed by atoms with van der Waals surface area (Å²) in [6.45, 7) is 15.9. The molecule has 75 valence electrons. The topological polar surface area (TPSA) is 6.48 Å². The molecule has 1 radical (unpaired) electrons. The van der Waals surface area contributed by atoms with E-state index in [1.807, 2.05) is 0 Å². The van der Waals surface area contributed by atoms with Crippen LogP contribution < -0.4 is 0 Å². The first-order chi connectivity index (χ1) is 5.71. The van der Waals surface area contributed by atoms with Gasteiger partial charge in [0.2, 0.25) is 0 Å². The van der Waals surface area contributed by atoms with Gasteiger partial charge in [-0.15, -0.1) is 0 Å². The first-order valence-corrected chi connectivity index (χ1v) is 5.10. The number of nitrogens with zero attached hydrogens (tertiary/aromatic N) is 2. The second-order valence-electron chi connectivity index (χ2n) is 5.84. The first-order valence-electron chi connectivity index (χ1n) is 5.10. The molecular weight excluding hydrogens is 159 g/mol. The quantitative estimate of drug-likeness (QED) is 0.525. The van der Waals surface area contributed by atoms with Crippen molar-refractivity contribution in [3.05, 3.63) is 0 Å². The Morgan fingerprint density at radius 2 is 1.08 bits per heavy atom. The van der Waals surface area contributed by atoms with Gasteiger partial charge in [0.25, 0.3) is 0 Å². The first kappa shape index (κ1) is 11.1. The average molecular weight is 181 g/mol. The van der Waals surface area contributed by atoms with E-state index in [9.17, 15) is 0 Å². The van der Waals surface area contributed by atoms with Crippen molar-refractivity contribution in [2.75, 3.05) is 13.1 Å². The van der Waals surface area contributed by atoms with Crippen molar-refractivity contribution in [3.63, 3.8) is 0 Å². The van der Waals surface area contributed by atoms with Crippen LogP contribution in [0.3, 0.4) is 0 Å². The molecular formula is C10H22BN2. The Balaban J connectivity index is 2.55. The van der Waals surface area contributed by atoms with E-state index in [4.69, 9.17) is 0 Å². The van der Waals surface area contributed by atoms with Gasteiger partial charge in [0.15, 0.2) is 0 Å². The Morgan fingerprint density at radius 1 is 0.769 bits per heavy atom. The summed E-state index contributed by atoms with van der Waals surface area (Å²) in [6, 6.07) is 0. The fourth-order valence-corrected chi connectivity index (χ4v) is 1.52. The van der Waals surface area contributed by atoms with Gasteiger partial charge < -0.3 is 9.62 Å². The smallest absolute Gasteiger partial charge is 0.314 e. The summed E-state index contributed by atoms with van der Waals surface area (Å²) < 4.78 is 0. The summed E-state index contributed by atoms with van der Waals surface area (Å²) in [6.07, 6.45) is 0. The van der Waals surface area contributed by atoms with Crippen LogP contribution in [0.25, 0.3) is 0 Å². The highest BCUT2D eigenvalue weighted by Crippen LogP contribution is 2.22. The summed E-state index contributed by atoms with van der Waals surface area (Å²) >= 11 is 0. The molecule has 0 unspecified atom stereocenters. The van der Waals surface area contributed by atoms with E-state index in [2.05, 4.69) is 58.7 Å². The maximum Gasteiger partial charge on any atom is 0.314 e. The molecule has 1 fully saturated rings. The van der Waals surface area contributed by atoms with Crippen LogP contribution in [-0.4, -0.2) is 41.3 Å². The minimum Gasteiger partial charge on any atom is -0.326 e. The highest BCUT2D eigenvalue weighted by molar-refractivity contribution is 6.30. The predicted octanol–water partition coefficient (Wildman–Crippen LogP) is 1.74. The van der Waals surface area contributed by atoms with E-state index in [0.29, 0.717) is 0 Å². The van der Waals surface area contributed by atoms with E-state index in [-0.39, 0.29) is 11.1 Å². The van der Waals surface area contributed by atoms with E-state index in [1.165, 1.54) is 0 Å². The molecule has 0 N–H and O–H groups in total. The lowest BCUT2D eigenvalue weighted by atomic mass is 9.92. The van der Waals surface area contributed by atoms with Gasteiger partial charge in [-0.3, -0.25) is 0 Å². The van der Waals surface area contributed by atoms with Crippen LogP contribution in [-0.2, 0) is 0 Å². The molecule has 0 atom stereocenters. The molecule has 0 aromatic heterocycles. The molecule has 0 amide bonds. The van der Waals surface area contributed by atoms with Crippen molar-refractivity contribution in [2.45, 2.75) is 52.6 Å². The molecule has 1 aliphatic heterocycles. The maximum atomic E-state index is 2.41. The van der Waals surface area contributed by atoms with Crippen molar-refractivity contribution >= 4 is 7.55 Å². The van der Waals surface area contributed by atoms with E-state index < -0.39 is 0 Å². The Bertz CT molecular complexity index is 158. The largest absolute Gasteiger partial charge is 0.326 e. The summed E-state index contributed by atoms with van der Waals surface area (Å²) in [5.41, 5.74) is 0.528. The average Bonchev–Trinajstić information content (AvgIpc) is 2.28. The van der Waals surface area contributed by atoms with Crippen LogP contribution in [0.2, 0.25) is 0 Å². The van der Waals surface area contributed by atoms with Gasteiger partial charge in [-0.2, -0.15) is 0 Å². The molecule has 13 heavy (non-hydrogen) atoms. The Hall–Kier alpha value is -0.0151. The highest BCUT2D eigenvalue weighted by Gasteiger charge is 2.35. The standard InChI is InChI=1S/C10H22BN2/c1-9(2,3)12-7-8-13(11-12)10(4,5)6/h7-8H2,1-6H3. The van der Waals surface area contributed by atoms with Crippen LogP contribution in [0.1, 0.15) is 41.5 Å². The lowest BCUT2D eigenvalue weighted by molar-refractivity contribution is 0.271. The Kier molecular flexibility index (Phi) is 2.79. The van der Waals surface area contributed by atoms with Gasteiger partial charge in [0, 0.05) is 24.2 Å². The number of hydrogen-bond acceptors (Lipinski definition) is 2. The second kappa shape index (κ2) is 3.28. The van der Waals surface area contributed by atoms with Crippen molar-refractivity contribution in [2.24, 2.45) is 0 Å². The molecule has 1 aliphatic rings. The third kappa shape index (κ3) is 2.71. The lowest BCUT2D eigenvalue weighted by Crippen LogP contribution is -2.47. The van der Waals surface area contributed by atoms with Gasteiger partial charge in [-0.1, -0.05) is 0 Å². The molecule has 1 heterocycles. The number of rotatable bonds is 0. The molecule has 1 saturated heterocycles. The SMILES string of the molecule is CC(C)(C)N1[B]N(C(C)(C)C)CC1. The Morgan fingerprint density at radius 3 is 1.23 bits per heavy atom. The fraction of sp³-hybridized carbons (Fsp3) is 1.00. The van der Waals surface area contributed by atoms with E-state index in [1.54, 1.807) is 0 Å². The third-order valence-corrected chi connectivity index (χ3v) is 2.58. The van der Waals surface area contributed by atoms with Gasteiger partial charge in [0.05, 0.1) is 0 Å². The van der Waals surface area contributed by atoms with Crippen molar-refractivity contribution in [1.82, 2.24) is 9.62 Å². The zero-order valence-electron chi connectivity index (χ0n) is 9.89.